The minimum Gasteiger partial charge on any atom is -0.317 e. The van der Waals surface area contributed by atoms with E-state index in [9.17, 15) is 9.59 Å². The molecule has 60 valence electrons. The lowest BCUT2D eigenvalue weighted by molar-refractivity contribution is 0.165. The number of urea groups is 2. The predicted molar refractivity (Wildman–Crippen MR) is 36.8 cm³/mol. The first kappa shape index (κ1) is 6.45. The highest BCUT2D eigenvalue weighted by Gasteiger charge is 2.34. The molecule has 2 aliphatic heterocycles. The van der Waals surface area contributed by atoms with Gasteiger partial charge in [-0.15, -0.1) is 0 Å². The van der Waals surface area contributed by atoms with Gasteiger partial charge in [0.2, 0.25) is 0 Å². The molecule has 2 saturated heterocycles. The summed E-state index contributed by atoms with van der Waals surface area (Å²) in [4.78, 5) is 23.4. The van der Waals surface area contributed by atoms with Crippen LogP contribution in [0.15, 0.2) is 0 Å². The van der Waals surface area contributed by atoms with Gasteiger partial charge in [0.25, 0.3) is 0 Å². The first-order valence-electron chi connectivity index (χ1n) is 3.65. The van der Waals surface area contributed by atoms with Crippen molar-refractivity contribution in [2.24, 2.45) is 0 Å². The van der Waals surface area contributed by atoms with Crippen molar-refractivity contribution in [2.45, 2.75) is 19.0 Å². The number of imide groups is 1. The molecule has 0 bridgehead atoms. The standard InChI is InChI=1S/C6H9N3O2/c10-5-7-4-2-1-3-9(4)6(11)8-5/h4H,1-3H2,(H2,7,8,10,11). The summed E-state index contributed by atoms with van der Waals surface area (Å²) in [5.41, 5.74) is 0. The molecule has 0 saturated carbocycles. The number of carbonyl (C=O) groups is 2. The summed E-state index contributed by atoms with van der Waals surface area (Å²) >= 11 is 0. The van der Waals surface area contributed by atoms with Crippen LogP contribution in [-0.4, -0.2) is 29.7 Å². The van der Waals surface area contributed by atoms with E-state index in [4.69, 9.17) is 0 Å². The van der Waals surface area contributed by atoms with Crippen LogP contribution in [0.4, 0.5) is 9.59 Å². The quantitative estimate of drug-likeness (QED) is 0.510. The monoisotopic (exact) mass is 155 g/mol. The minimum absolute atomic E-state index is 0.0590. The van der Waals surface area contributed by atoms with Gasteiger partial charge in [-0.05, 0) is 12.8 Å². The van der Waals surface area contributed by atoms with E-state index >= 15 is 0 Å². The Bertz CT molecular complexity index is 216. The first-order valence-corrected chi connectivity index (χ1v) is 3.65. The molecule has 2 fully saturated rings. The maximum Gasteiger partial charge on any atom is 0.327 e. The van der Waals surface area contributed by atoms with E-state index in [-0.39, 0.29) is 18.2 Å². The number of fused-ring (bicyclic) bond motifs is 1. The zero-order chi connectivity index (χ0) is 7.84. The second-order valence-corrected chi connectivity index (χ2v) is 2.76. The molecule has 5 heteroatoms. The normalized spacial score (nSPS) is 29.5. The summed E-state index contributed by atoms with van der Waals surface area (Å²) in [5.74, 6) is 0. The van der Waals surface area contributed by atoms with Crippen LogP contribution in [0, 0.1) is 0 Å². The molecule has 1 unspecified atom stereocenters. The van der Waals surface area contributed by atoms with Gasteiger partial charge in [0.05, 0.1) is 0 Å². The van der Waals surface area contributed by atoms with Crippen molar-refractivity contribution in [3.05, 3.63) is 0 Å². The molecule has 11 heavy (non-hydrogen) atoms. The van der Waals surface area contributed by atoms with Crippen molar-refractivity contribution in [1.29, 1.82) is 0 Å². The molecule has 0 aromatic rings. The number of carbonyl (C=O) groups excluding carboxylic acids is 2. The van der Waals surface area contributed by atoms with Crippen molar-refractivity contribution in [3.63, 3.8) is 0 Å². The Morgan fingerprint density at radius 2 is 2.27 bits per heavy atom. The van der Waals surface area contributed by atoms with Crippen molar-refractivity contribution >= 4 is 12.1 Å². The van der Waals surface area contributed by atoms with Crippen LogP contribution >= 0.6 is 0 Å². The van der Waals surface area contributed by atoms with Gasteiger partial charge in [0, 0.05) is 6.54 Å². The summed E-state index contributed by atoms with van der Waals surface area (Å²) < 4.78 is 0. The third-order valence-corrected chi connectivity index (χ3v) is 2.03. The lowest BCUT2D eigenvalue weighted by Gasteiger charge is -2.29. The van der Waals surface area contributed by atoms with E-state index in [1.807, 2.05) is 0 Å². The zero-order valence-electron chi connectivity index (χ0n) is 5.96. The van der Waals surface area contributed by atoms with E-state index in [1.54, 1.807) is 4.90 Å². The Balaban J connectivity index is 2.16. The van der Waals surface area contributed by atoms with E-state index in [0.717, 1.165) is 19.4 Å². The molecule has 0 radical (unpaired) electrons. The van der Waals surface area contributed by atoms with E-state index in [0.29, 0.717) is 0 Å². The molecular formula is C6H9N3O2. The molecule has 0 aromatic carbocycles. The fourth-order valence-electron chi connectivity index (χ4n) is 1.52. The third kappa shape index (κ3) is 0.923. The number of rotatable bonds is 0. The number of nitrogens with one attached hydrogen (secondary N) is 2. The fourth-order valence-corrected chi connectivity index (χ4v) is 1.52. The van der Waals surface area contributed by atoms with Gasteiger partial charge in [0.1, 0.15) is 6.17 Å². The number of hydrogen-bond acceptors (Lipinski definition) is 2. The van der Waals surface area contributed by atoms with Gasteiger partial charge in [-0.2, -0.15) is 0 Å². The van der Waals surface area contributed by atoms with Crippen LogP contribution in [0.1, 0.15) is 12.8 Å². The predicted octanol–water partition coefficient (Wildman–Crippen LogP) is -0.159. The van der Waals surface area contributed by atoms with E-state index < -0.39 is 0 Å². The second kappa shape index (κ2) is 2.11. The molecule has 2 aliphatic rings. The van der Waals surface area contributed by atoms with Gasteiger partial charge >= 0.3 is 12.1 Å². The lowest BCUT2D eigenvalue weighted by atomic mass is 10.3. The Labute approximate surface area is 63.7 Å². The molecular weight excluding hydrogens is 146 g/mol. The van der Waals surface area contributed by atoms with Crippen molar-refractivity contribution in [1.82, 2.24) is 15.5 Å². The SMILES string of the molecule is O=C1NC(=O)N2CCCC2N1. The van der Waals surface area contributed by atoms with Crippen molar-refractivity contribution < 1.29 is 9.59 Å². The molecule has 5 nitrogen and oxygen atoms in total. The molecule has 2 N–H and O–H groups in total. The maximum absolute atomic E-state index is 11.0. The molecule has 0 spiro atoms. The highest BCUT2D eigenvalue weighted by Crippen LogP contribution is 2.16. The molecule has 0 aromatic heterocycles. The van der Waals surface area contributed by atoms with Gasteiger partial charge in [-0.3, -0.25) is 5.32 Å². The highest BCUT2D eigenvalue weighted by atomic mass is 16.2. The molecule has 0 aliphatic carbocycles. The summed E-state index contributed by atoms with van der Waals surface area (Å²) in [7, 11) is 0. The average molecular weight is 155 g/mol. The fraction of sp³-hybridized carbons (Fsp3) is 0.667. The minimum atomic E-state index is -0.377. The van der Waals surface area contributed by atoms with Gasteiger partial charge in [0.15, 0.2) is 0 Å². The summed E-state index contributed by atoms with van der Waals surface area (Å²) in [6.45, 7) is 0.747. The number of hydrogen-bond donors (Lipinski definition) is 2. The first-order chi connectivity index (χ1) is 5.27. The largest absolute Gasteiger partial charge is 0.327 e. The highest BCUT2D eigenvalue weighted by molar-refractivity contribution is 5.96. The summed E-state index contributed by atoms with van der Waals surface area (Å²) in [6.07, 6.45) is 1.79. The Kier molecular flexibility index (Phi) is 1.24. The van der Waals surface area contributed by atoms with Gasteiger partial charge in [-0.25, -0.2) is 9.59 Å². The molecule has 2 rings (SSSR count). The van der Waals surface area contributed by atoms with Crippen LogP contribution in [0.25, 0.3) is 0 Å². The zero-order valence-corrected chi connectivity index (χ0v) is 5.96. The van der Waals surface area contributed by atoms with Crippen LogP contribution in [0.2, 0.25) is 0 Å². The topological polar surface area (TPSA) is 61.4 Å². The Morgan fingerprint density at radius 1 is 1.45 bits per heavy atom. The summed E-state index contributed by atoms with van der Waals surface area (Å²) in [5, 5.41) is 4.85. The summed E-state index contributed by atoms with van der Waals surface area (Å²) in [6, 6.07) is -0.644. The van der Waals surface area contributed by atoms with Crippen LogP contribution in [-0.2, 0) is 0 Å². The van der Waals surface area contributed by atoms with Gasteiger partial charge in [-0.1, -0.05) is 0 Å². The van der Waals surface area contributed by atoms with Crippen LogP contribution < -0.4 is 10.6 Å². The molecule has 1 atom stereocenters. The molecule has 2 heterocycles. The van der Waals surface area contributed by atoms with E-state index in [1.165, 1.54) is 0 Å². The van der Waals surface area contributed by atoms with Crippen LogP contribution in [0.3, 0.4) is 0 Å². The third-order valence-electron chi connectivity index (χ3n) is 2.03. The smallest absolute Gasteiger partial charge is 0.317 e. The van der Waals surface area contributed by atoms with Crippen molar-refractivity contribution in [3.8, 4) is 0 Å². The average Bonchev–Trinajstić information content (AvgIpc) is 2.34. The second-order valence-electron chi connectivity index (χ2n) is 2.76. The Morgan fingerprint density at radius 3 is 3.09 bits per heavy atom. The van der Waals surface area contributed by atoms with Gasteiger partial charge < -0.3 is 10.2 Å². The number of nitrogens with zero attached hydrogens (tertiary/aromatic N) is 1. The van der Waals surface area contributed by atoms with Crippen molar-refractivity contribution in [2.75, 3.05) is 6.54 Å². The number of amides is 4. The van der Waals surface area contributed by atoms with Crippen LogP contribution in [0.5, 0.6) is 0 Å². The maximum atomic E-state index is 11.0. The lowest BCUT2D eigenvalue weighted by Crippen LogP contribution is -2.60. The molecule has 4 amide bonds. The van der Waals surface area contributed by atoms with E-state index in [2.05, 4.69) is 10.6 Å². The Hall–Kier alpha value is -1.26.